The molecule has 3 aromatic rings. The maximum Gasteiger partial charge on any atom is 0.264 e. The van der Waals surface area contributed by atoms with Gasteiger partial charge in [-0.1, -0.05) is 24.3 Å². The van der Waals surface area contributed by atoms with Crippen molar-refractivity contribution in [2.24, 2.45) is 0 Å². The van der Waals surface area contributed by atoms with E-state index in [1.165, 1.54) is 49.0 Å². The number of rotatable bonds is 9. The fraction of sp³-hybridized carbons (Fsp3) is 0.296. The lowest BCUT2D eigenvalue weighted by atomic mass is 10.1. The molecule has 1 amide bonds. The Kier molecular flexibility index (Phi) is 7.73. The van der Waals surface area contributed by atoms with Gasteiger partial charge in [0.05, 0.1) is 17.7 Å². The third-order valence-electron chi connectivity index (χ3n) is 6.26. The minimum absolute atomic E-state index is 0.162. The molecule has 184 valence electrons. The van der Waals surface area contributed by atoms with Crippen LogP contribution in [0.1, 0.15) is 34.3 Å². The van der Waals surface area contributed by atoms with Gasteiger partial charge < -0.3 is 10.1 Å². The second-order valence-electron chi connectivity index (χ2n) is 8.68. The molecule has 1 N–H and O–H groups in total. The quantitative estimate of drug-likeness (QED) is 0.487. The van der Waals surface area contributed by atoms with Crippen LogP contribution in [-0.4, -0.2) is 46.5 Å². The molecule has 1 fully saturated rings. The number of nitrogens with zero attached hydrogens (tertiary/aromatic N) is 2. The molecule has 1 saturated heterocycles. The van der Waals surface area contributed by atoms with E-state index in [4.69, 9.17) is 4.74 Å². The summed E-state index contributed by atoms with van der Waals surface area (Å²) in [5.74, 6) is 0.377. The lowest BCUT2D eigenvalue weighted by Crippen LogP contribution is -2.27. The van der Waals surface area contributed by atoms with Crippen LogP contribution < -0.4 is 14.4 Å². The number of nitrogens with one attached hydrogen (secondary N) is 1. The van der Waals surface area contributed by atoms with Crippen molar-refractivity contribution in [3.63, 3.8) is 0 Å². The third-order valence-corrected chi connectivity index (χ3v) is 8.06. The molecule has 35 heavy (non-hydrogen) atoms. The average Bonchev–Trinajstić information content (AvgIpc) is 3.40. The zero-order chi connectivity index (χ0) is 24.8. The fourth-order valence-electron chi connectivity index (χ4n) is 4.19. The van der Waals surface area contributed by atoms with Crippen molar-refractivity contribution in [1.29, 1.82) is 0 Å². The summed E-state index contributed by atoms with van der Waals surface area (Å²) < 4.78 is 32.2. The summed E-state index contributed by atoms with van der Waals surface area (Å²) in [5.41, 5.74) is 3.24. The van der Waals surface area contributed by atoms with Gasteiger partial charge in [0.25, 0.3) is 15.9 Å². The van der Waals surface area contributed by atoms with Crippen molar-refractivity contribution in [2.75, 3.05) is 31.6 Å². The van der Waals surface area contributed by atoms with Crippen molar-refractivity contribution in [3.8, 4) is 5.75 Å². The first-order chi connectivity index (χ1) is 16.9. The molecule has 4 rings (SSSR count). The Morgan fingerprint density at radius 1 is 0.971 bits per heavy atom. The predicted molar refractivity (Wildman–Crippen MR) is 137 cm³/mol. The minimum Gasteiger partial charge on any atom is -0.497 e. The van der Waals surface area contributed by atoms with Crippen LogP contribution in [0.15, 0.2) is 77.7 Å². The number of hydrogen-bond acceptors (Lipinski definition) is 5. The number of carbonyl (C=O) groups is 1. The third kappa shape index (κ3) is 6.01. The first-order valence-corrected chi connectivity index (χ1v) is 13.1. The molecule has 0 bridgehead atoms. The van der Waals surface area contributed by atoms with E-state index < -0.39 is 10.0 Å². The Hall–Kier alpha value is -3.36. The molecular formula is C27H31N3O4S. The largest absolute Gasteiger partial charge is 0.497 e. The van der Waals surface area contributed by atoms with Crippen molar-refractivity contribution < 1.29 is 17.9 Å². The van der Waals surface area contributed by atoms with Crippen LogP contribution in [0, 0.1) is 0 Å². The zero-order valence-corrected chi connectivity index (χ0v) is 20.9. The summed E-state index contributed by atoms with van der Waals surface area (Å²) in [4.78, 5) is 15.3. The van der Waals surface area contributed by atoms with Gasteiger partial charge in [-0.15, -0.1) is 0 Å². The number of amides is 1. The van der Waals surface area contributed by atoms with E-state index in [1.807, 2.05) is 12.1 Å². The molecule has 1 aliphatic heterocycles. The highest BCUT2D eigenvalue weighted by atomic mass is 32.2. The summed E-state index contributed by atoms with van der Waals surface area (Å²) in [6, 6.07) is 21.1. The predicted octanol–water partition coefficient (Wildman–Crippen LogP) is 4.05. The first-order valence-electron chi connectivity index (χ1n) is 11.7. The molecule has 0 spiro atoms. The van der Waals surface area contributed by atoms with Crippen LogP contribution in [0.5, 0.6) is 5.75 Å². The molecule has 0 aromatic heterocycles. The lowest BCUT2D eigenvalue weighted by Gasteiger charge is -2.20. The number of carbonyl (C=O) groups excluding carboxylic acids is 1. The molecule has 0 radical (unpaired) electrons. The highest BCUT2D eigenvalue weighted by Gasteiger charge is 2.21. The maximum atomic E-state index is 12.9. The molecule has 1 aliphatic rings. The van der Waals surface area contributed by atoms with Gasteiger partial charge in [0.15, 0.2) is 0 Å². The SMILES string of the molecule is COc1ccc(S(=O)(=O)N(C)c2ccc(C(=O)NCc3cccc(CN4CCCC4)c3)cc2)cc1. The van der Waals surface area contributed by atoms with E-state index in [9.17, 15) is 13.2 Å². The van der Waals surface area contributed by atoms with Crippen molar-refractivity contribution in [1.82, 2.24) is 10.2 Å². The second kappa shape index (κ2) is 10.9. The van der Waals surface area contributed by atoms with Gasteiger partial charge >= 0.3 is 0 Å². The molecule has 3 aromatic carbocycles. The molecule has 7 nitrogen and oxygen atoms in total. The normalized spacial score (nSPS) is 14.0. The zero-order valence-electron chi connectivity index (χ0n) is 20.1. The van der Waals surface area contributed by atoms with E-state index >= 15 is 0 Å². The van der Waals surface area contributed by atoms with Crippen LogP contribution in [0.4, 0.5) is 5.69 Å². The molecule has 8 heteroatoms. The van der Waals surface area contributed by atoms with Crippen LogP contribution in [-0.2, 0) is 23.1 Å². The summed E-state index contributed by atoms with van der Waals surface area (Å²) in [7, 11) is -0.718. The van der Waals surface area contributed by atoms with Crippen molar-refractivity contribution in [3.05, 3.63) is 89.5 Å². The van der Waals surface area contributed by atoms with Gasteiger partial charge in [-0.25, -0.2) is 8.42 Å². The van der Waals surface area contributed by atoms with Crippen molar-refractivity contribution >= 4 is 21.6 Å². The summed E-state index contributed by atoms with van der Waals surface area (Å²) in [6.07, 6.45) is 2.52. The topological polar surface area (TPSA) is 79.0 Å². The van der Waals surface area contributed by atoms with Gasteiger partial charge in [-0.05, 0) is 85.6 Å². The number of methoxy groups -OCH3 is 1. The summed E-state index contributed by atoms with van der Waals surface area (Å²) in [5, 5.41) is 2.96. The Morgan fingerprint density at radius 3 is 2.29 bits per heavy atom. The van der Waals surface area contributed by atoms with Crippen LogP contribution in [0.3, 0.4) is 0 Å². The minimum atomic E-state index is -3.74. The number of sulfonamides is 1. The summed E-state index contributed by atoms with van der Waals surface area (Å²) in [6.45, 7) is 3.66. The van der Waals surface area contributed by atoms with E-state index in [1.54, 1.807) is 36.4 Å². The van der Waals surface area contributed by atoms with Gasteiger partial charge in [0.2, 0.25) is 0 Å². The number of anilines is 1. The Morgan fingerprint density at radius 2 is 1.63 bits per heavy atom. The van der Waals surface area contributed by atoms with Gasteiger partial charge in [0, 0.05) is 25.7 Å². The van der Waals surface area contributed by atoms with Gasteiger partial charge in [-0.3, -0.25) is 14.0 Å². The Bertz CT molecular complexity index is 1250. The number of likely N-dealkylation sites (tertiary alicyclic amines) is 1. The fourth-order valence-corrected chi connectivity index (χ4v) is 5.38. The first kappa shape index (κ1) is 24.8. The monoisotopic (exact) mass is 493 g/mol. The van der Waals surface area contributed by atoms with Crippen LogP contribution >= 0.6 is 0 Å². The van der Waals surface area contributed by atoms with E-state index in [0.29, 0.717) is 23.5 Å². The lowest BCUT2D eigenvalue weighted by molar-refractivity contribution is 0.0951. The Balaban J connectivity index is 1.37. The molecule has 0 unspecified atom stereocenters. The van der Waals surface area contributed by atoms with E-state index in [2.05, 4.69) is 22.3 Å². The standard InChI is InChI=1S/C27H31N3O4S/c1-29(35(32,33)26-14-12-25(34-2)13-15-26)24-10-8-23(9-11-24)27(31)28-19-21-6-5-7-22(18-21)20-30-16-3-4-17-30/h5-15,18H,3-4,16-17,19-20H2,1-2H3,(H,28,31). The van der Waals surface area contributed by atoms with Gasteiger partial charge in [0.1, 0.15) is 5.75 Å². The molecule has 0 aliphatic carbocycles. The van der Waals surface area contributed by atoms with E-state index in [0.717, 1.165) is 25.2 Å². The highest BCUT2D eigenvalue weighted by Crippen LogP contribution is 2.24. The van der Waals surface area contributed by atoms with Crippen molar-refractivity contribution in [2.45, 2.75) is 30.8 Å². The average molecular weight is 494 g/mol. The number of hydrogen-bond donors (Lipinski definition) is 1. The molecule has 1 heterocycles. The second-order valence-corrected chi connectivity index (χ2v) is 10.7. The molecular weight excluding hydrogens is 462 g/mol. The van der Waals surface area contributed by atoms with Crippen LogP contribution in [0.25, 0.3) is 0 Å². The Labute approximate surface area is 207 Å². The van der Waals surface area contributed by atoms with Gasteiger partial charge in [-0.2, -0.15) is 0 Å². The number of ether oxygens (including phenoxy) is 1. The highest BCUT2D eigenvalue weighted by molar-refractivity contribution is 7.92. The smallest absolute Gasteiger partial charge is 0.264 e. The summed E-state index contributed by atoms with van der Waals surface area (Å²) >= 11 is 0. The maximum absolute atomic E-state index is 12.9. The van der Waals surface area contributed by atoms with Crippen LogP contribution in [0.2, 0.25) is 0 Å². The van der Waals surface area contributed by atoms with E-state index in [-0.39, 0.29) is 10.8 Å². The molecule has 0 saturated carbocycles. The number of benzene rings is 3. The molecule has 0 atom stereocenters.